The topological polar surface area (TPSA) is 78.9 Å². The summed E-state index contributed by atoms with van der Waals surface area (Å²) in [5.41, 5.74) is -1.27. The van der Waals surface area contributed by atoms with Crippen LogP contribution in [0.2, 0.25) is 0 Å². The number of ether oxygens (including phenoxy) is 3. The molecule has 0 amide bonds. The first-order chi connectivity index (χ1) is 11.5. The molecule has 2 atom stereocenters. The smallest absolute Gasteiger partial charge is 0.341 e. The summed E-state index contributed by atoms with van der Waals surface area (Å²) in [4.78, 5) is 35.8. The molecule has 6 nitrogen and oxygen atoms in total. The average Bonchev–Trinajstić information content (AvgIpc) is 2.91. The fourth-order valence-electron chi connectivity index (χ4n) is 2.78. The summed E-state index contributed by atoms with van der Waals surface area (Å²) in [6.07, 6.45) is 3.86. The highest BCUT2D eigenvalue weighted by atomic mass is 16.6. The number of carbonyl (C=O) groups is 3. The molecule has 24 heavy (non-hydrogen) atoms. The number of hydrogen-bond acceptors (Lipinski definition) is 6. The van der Waals surface area contributed by atoms with Gasteiger partial charge in [0.25, 0.3) is 0 Å². The van der Waals surface area contributed by atoms with E-state index in [0.717, 1.165) is 0 Å². The second kappa shape index (κ2) is 6.31. The number of allylic oxidation sites excluding steroid dienone is 1. The van der Waals surface area contributed by atoms with Crippen LogP contribution in [0.3, 0.4) is 0 Å². The first-order valence-corrected chi connectivity index (χ1v) is 7.48. The number of methoxy groups -OCH3 is 1. The maximum atomic E-state index is 12.3. The highest BCUT2D eigenvalue weighted by Gasteiger charge is 2.48. The summed E-state index contributed by atoms with van der Waals surface area (Å²) in [7, 11) is 1.19. The largest absolute Gasteiger partial charge is 0.490 e. The van der Waals surface area contributed by atoms with Crippen molar-refractivity contribution in [2.24, 2.45) is 5.41 Å². The fraction of sp³-hybridized carbons (Fsp3) is 0.278. The first kappa shape index (κ1) is 16.0. The molecule has 0 N–H and O–H groups in total. The molecule has 0 radical (unpaired) electrons. The number of rotatable bonds is 4. The van der Waals surface area contributed by atoms with Gasteiger partial charge in [-0.25, -0.2) is 4.79 Å². The summed E-state index contributed by atoms with van der Waals surface area (Å²) >= 11 is 0. The van der Waals surface area contributed by atoms with E-state index in [2.05, 4.69) is 4.74 Å². The number of hydrogen-bond donors (Lipinski definition) is 0. The standard InChI is InChI=1S/C18H16O6/c1-22-16(20)14-10-18(8-7-15(14)19)9-13(24-17(18)21)11-23-12-5-3-2-4-6-12/h2-8,10,13H,9,11H2,1H3. The summed E-state index contributed by atoms with van der Waals surface area (Å²) in [5.74, 6) is -1.08. The van der Waals surface area contributed by atoms with Crippen LogP contribution < -0.4 is 4.74 Å². The van der Waals surface area contributed by atoms with Gasteiger partial charge in [-0.1, -0.05) is 24.3 Å². The molecule has 124 valence electrons. The van der Waals surface area contributed by atoms with Gasteiger partial charge in [-0.3, -0.25) is 9.59 Å². The van der Waals surface area contributed by atoms with Gasteiger partial charge in [-0.15, -0.1) is 0 Å². The van der Waals surface area contributed by atoms with Crippen LogP contribution in [0.25, 0.3) is 0 Å². The molecule has 6 heteroatoms. The number of esters is 2. The Labute approximate surface area is 138 Å². The first-order valence-electron chi connectivity index (χ1n) is 7.48. The van der Waals surface area contributed by atoms with E-state index in [1.807, 2.05) is 18.2 Å². The van der Waals surface area contributed by atoms with Gasteiger partial charge in [0, 0.05) is 6.42 Å². The van der Waals surface area contributed by atoms with E-state index in [-0.39, 0.29) is 12.2 Å². The van der Waals surface area contributed by atoms with E-state index in [1.165, 1.54) is 25.3 Å². The lowest BCUT2D eigenvalue weighted by atomic mass is 9.78. The molecular weight excluding hydrogens is 312 g/mol. The molecule has 1 fully saturated rings. The van der Waals surface area contributed by atoms with Gasteiger partial charge in [0.15, 0.2) is 5.78 Å². The van der Waals surface area contributed by atoms with Crippen LogP contribution >= 0.6 is 0 Å². The molecule has 2 unspecified atom stereocenters. The lowest BCUT2D eigenvalue weighted by Crippen LogP contribution is -2.28. The second-order valence-corrected chi connectivity index (χ2v) is 5.64. The van der Waals surface area contributed by atoms with E-state index in [1.54, 1.807) is 12.1 Å². The van der Waals surface area contributed by atoms with Gasteiger partial charge in [0.1, 0.15) is 29.4 Å². The molecule has 1 aromatic rings. The number of cyclic esters (lactones) is 1. The van der Waals surface area contributed by atoms with Gasteiger partial charge in [0.2, 0.25) is 0 Å². The Morgan fingerprint density at radius 1 is 1.29 bits per heavy atom. The van der Waals surface area contributed by atoms with Gasteiger partial charge in [0.05, 0.1) is 7.11 Å². The highest BCUT2D eigenvalue weighted by molar-refractivity contribution is 6.23. The number of ketones is 1. The summed E-state index contributed by atoms with van der Waals surface area (Å²) in [6.45, 7) is 0.195. The van der Waals surface area contributed by atoms with Gasteiger partial charge < -0.3 is 14.2 Å². The second-order valence-electron chi connectivity index (χ2n) is 5.64. The Hall–Kier alpha value is -2.89. The predicted molar refractivity (Wildman–Crippen MR) is 83.1 cm³/mol. The third-order valence-electron chi connectivity index (χ3n) is 4.00. The lowest BCUT2D eigenvalue weighted by Gasteiger charge is -2.20. The molecule has 1 aliphatic carbocycles. The van der Waals surface area contributed by atoms with Gasteiger partial charge >= 0.3 is 11.9 Å². The fourth-order valence-corrected chi connectivity index (χ4v) is 2.78. The van der Waals surface area contributed by atoms with Crippen LogP contribution in [0.5, 0.6) is 5.75 Å². The third kappa shape index (κ3) is 2.95. The zero-order valence-corrected chi connectivity index (χ0v) is 13.1. The van der Waals surface area contributed by atoms with Crippen molar-refractivity contribution < 1.29 is 28.6 Å². The molecule has 1 spiro atoms. The quantitative estimate of drug-likeness (QED) is 0.617. The van der Waals surface area contributed by atoms with Crippen molar-refractivity contribution in [2.75, 3.05) is 13.7 Å². The molecule has 2 aliphatic rings. The Bertz CT molecular complexity index is 733. The van der Waals surface area contributed by atoms with Crippen LogP contribution in [-0.4, -0.2) is 37.5 Å². The molecule has 3 rings (SSSR count). The van der Waals surface area contributed by atoms with E-state index in [0.29, 0.717) is 12.2 Å². The average molecular weight is 328 g/mol. The van der Waals surface area contributed by atoms with Crippen molar-refractivity contribution >= 4 is 17.7 Å². The van der Waals surface area contributed by atoms with Crippen molar-refractivity contribution in [3.8, 4) is 5.75 Å². The van der Waals surface area contributed by atoms with Crippen LogP contribution in [-0.2, 0) is 23.9 Å². The van der Waals surface area contributed by atoms with E-state index in [9.17, 15) is 14.4 Å². The molecular formula is C18H16O6. The lowest BCUT2D eigenvalue weighted by molar-refractivity contribution is -0.146. The Morgan fingerprint density at radius 3 is 2.75 bits per heavy atom. The molecule has 1 aromatic carbocycles. The molecule has 0 bridgehead atoms. The van der Waals surface area contributed by atoms with Gasteiger partial charge in [-0.05, 0) is 24.3 Å². The minimum Gasteiger partial charge on any atom is -0.490 e. The molecule has 1 saturated heterocycles. The number of carbonyl (C=O) groups excluding carboxylic acids is 3. The van der Waals surface area contributed by atoms with Crippen LogP contribution in [0.4, 0.5) is 0 Å². The minimum absolute atomic E-state index is 0.151. The zero-order chi connectivity index (χ0) is 17.2. The molecule has 0 saturated carbocycles. The van der Waals surface area contributed by atoms with Crippen LogP contribution in [0, 0.1) is 5.41 Å². The van der Waals surface area contributed by atoms with Gasteiger partial charge in [-0.2, -0.15) is 0 Å². The van der Waals surface area contributed by atoms with Crippen LogP contribution in [0.15, 0.2) is 54.1 Å². The summed E-state index contributed by atoms with van der Waals surface area (Å²) < 4.78 is 15.5. The van der Waals surface area contributed by atoms with Crippen molar-refractivity contribution in [1.82, 2.24) is 0 Å². The minimum atomic E-state index is -1.12. The predicted octanol–water partition coefficient (Wildman–Crippen LogP) is 1.61. The molecule has 0 aromatic heterocycles. The van der Waals surface area contributed by atoms with Crippen molar-refractivity contribution in [3.63, 3.8) is 0 Å². The summed E-state index contributed by atoms with van der Waals surface area (Å²) in [5, 5.41) is 0. The maximum absolute atomic E-state index is 12.3. The Balaban J connectivity index is 1.74. The molecule has 1 heterocycles. The van der Waals surface area contributed by atoms with Crippen LogP contribution in [0.1, 0.15) is 6.42 Å². The summed E-state index contributed by atoms with van der Waals surface area (Å²) in [6, 6.07) is 9.18. The van der Waals surface area contributed by atoms with E-state index < -0.39 is 29.2 Å². The normalized spacial score (nSPS) is 25.4. The Kier molecular flexibility index (Phi) is 4.20. The van der Waals surface area contributed by atoms with Crippen molar-refractivity contribution in [1.29, 1.82) is 0 Å². The maximum Gasteiger partial charge on any atom is 0.341 e. The highest BCUT2D eigenvalue weighted by Crippen LogP contribution is 2.40. The van der Waals surface area contributed by atoms with Crippen molar-refractivity contribution in [2.45, 2.75) is 12.5 Å². The van der Waals surface area contributed by atoms with E-state index in [4.69, 9.17) is 9.47 Å². The Morgan fingerprint density at radius 2 is 2.04 bits per heavy atom. The van der Waals surface area contributed by atoms with E-state index >= 15 is 0 Å². The third-order valence-corrected chi connectivity index (χ3v) is 4.00. The van der Waals surface area contributed by atoms with Crippen molar-refractivity contribution in [3.05, 3.63) is 54.1 Å². The number of benzene rings is 1. The monoisotopic (exact) mass is 328 g/mol. The molecule has 1 aliphatic heterocycles. The SMILES string of the molecule is COC(=O)C1=CC2(C=CC1=O)CC(COc1ccccc1)OC2=O. The number of para-hydroxylation sites is 1. The zero-order valence-electron chi connectivity index (χ0n) is 13.1.